The van der Waals surface area contributed by atoms with Crippen molar-refractivity contribution in [3.63, 3.8) is 0 Å². The summed E-state index contributed by atoms with van der Waals surface area (Å²) in [5.74, 6) is 0.999. The van der Waals surface area contributed by atoms with Gasteiger partial charge in [-0.2, -0.15) is 0 Å². The summed E-state index contributed by atoms with van der Waals surface area (Å²) in [6.45, 7) is 10.1. The molecular formula is C15H24N2O. The summed E-state index contributed by atoms with van der Waals surface area (Å²) < 4.78 is 5.36. The van der Waals surface area contributed by atoms with E-state index in [1.807, 2.05) is 0 Å². The minimum absolute atomic E-state index is 0.999. The lowest BCUT2D eigenvalue weighted by Gasteiger charge is -2.27. The van der Waals surface area contributed by atoms with Gasteiger partial charge in [-0.25, -0.2) is 0 Å². The van der Waals surface area contributed by atoms with Gasteiger partial charge in [0.15, 0.2) is 0 Å². The summed E-state index contributed by atoms with van der Waals surface area (Å²) in [4.78, 5) is 2.54. The molecule has 1 N–H and O–H groups in total. The van der Waals surface area contributed by atoms with Gasteiger partial charge in [0.2, 0.25) is 0 Å². The monoisotopic (exact) mass is 248 g/mol. The molecule has 0 unspecified atom stereocenters. The molecule has 0 bridgehead atoms. The maximum atomic E-state index is 5.36. The van der Waals surface area contributed by atoms with Gasteiger partial charge in [0.05, 0.1) is 7.11 Å². The molecule has 0 amide bonds. The lowest BCUT2D eigenvalue weighted by atomic mass is 10.0. The van der Waals surface area contributed by atoms with Gasteiger partial charge in [-0.15, -0.1) is 0 Å². The number of piperazine rings is 1. The van der Waals surface area contributed by atoms with E-state index < -0.39 is 0 Å². The molecule has 1 saturated heterocycles. The number of methoxy groups -OCH3 is 1. The third-order valence-electron chi connectivity index (χ3n) is 3.76. The van der Waals surface area contributed by atoms with Gasteiger partial charge < -0.3 is 15.0 Å². The minimum atomic E-state index is 0.999. The number of benzene rings is 1. The molecule has 1 aromatic carbocycles. The number of rotatable bonds is 4. The smallest absolute Gasteiger partial charge is 0.122 e. The van der Waals surface area contributed by atoms with Gasteiger partial charge in [-0.05, 0) is 43.0 Å². The van der Waals surface area contributed by atoms with Crippen LogP contribution in [0.1, 0.15) is 16.7 Å². The lowest BCUT2D eigenvalue weighted by Crippen LogP contribution is -2.44. The van der Waals surface area contributed by atoms with Crippen LogP contribution in [0.2, 0.25) is 0 Å². The van der Waals surface area contributed by atoms with Crippen LogP contribution in [0.4, 0.5) is 0 Å². The van der Waals surface area contributed by atoms with Crippen molar-refractivity contribution in [1.29, 1.82) is 0 Å². The second-order valence-corrected chi connectivity index (χ2v) is 5.09. The van der Waals surface area contributed by atoms with Gasteiger partial charge >= 0.3 is 0 Å². The Morgan fingerprint density at radius 2 is 1.89 bits per heavy atom. The van der Waals surface area contributed by atoms with Crippen LogP contribution in [0.15, 0.2) is 12.1 Å². The molecule has 0 spiro atoms. The fourth-order valence-corrected chi connectivity index (χ4v) is 2.55. The number of ether oxygens (including phenoxy) is 1. The molecule has 18 heavy (non-hydrogen) atoms. The van der Waals surface area contributed by atoms with Crippen LogP contribution in [0.25, 0.3) is 0 Å². The Morgan fingerprint density at radius 1 is 1.17 bits per heavy atom. The molecule has 1 heterocycles. The van der Waals surface area contributed by atoms with Crippen molar-refractivity contribution >= 4 is 0 Å². The highest BCUT2D eigenvalue weighted by molar-refractivity contribution is 5.41. The second kappa shape index (κ2) is 6.21. The van der Waals surface area contributed by atoms with Crippen LogP contribution in [0.5, 0.6) is 5.75 Å². The minimum Gasteiger partial charge on any atom is -0.496 e. The van der Waals surface area contributed by atoms with E-state index in [9.17, 15) is 0 Å². The SMILES string of the molecule is COc1cc(C)c(CCN2CCNCC2)cc1C. The summed E-state index contributed by atoms with van der Waals surface area (Å²) in [5, 5.41) is 3.39. The fourth-order valence-electron chi connectivity index (χ4n) is 2.55. The van der Waals surface area contributed by atoms with Crippen molar-refractivity contribution in [1.82, 2.24) is 10.2 Å². The molecule has 1 fully saturated rings. The van der Waals surface area contributed by atoms with E-state index in [0.717, 1.165) is 31.8 Å². The number of hydrogen-bond acceptors (Lipinski definition) is 3. The Kier molecular flexibility index (Phi) is 4.61. The zero-order valence-electron chi connectivity index (χ0n) is 11.8. The third-order valence-corrected chi connectivity index (χ3v) is 3.76. The van der Waals surface area contributed by atoms with Gasteiger partial charge in [0, 0.05) is 32.7 Å². The molecule has 3 nitrogen and oxygen atoms in total. The van der Waals surface area contributed by atoms with Gasteiger partial charge in [0.25, 0.3) is 0 Å². The molecule has 1 aliphatic heterocycles. The van der Waals surface area contributed by atoms with Gasteiger partial charge in [0.1, 0.15) is 5.75 Å². The molecular weight excluding hydrogens is 224 g/mol. The molecule has 0 aromatic heterocycles. The Hall–Kier alpha value is -1.06. The van der Waals surface area contributed by atoms with Crippen LogP contribution >= 0.6 is 0 Å². The molecule has 1 aromatic rings. The van der Waals surface area contributed by atoms with E-state index in [2.05, 4.69) is 36.2 Å². The first kappa shape index (κ1) is 13.4. The highest BCUT2D eigenvalue weighted by atomic mass is 16.5. The van der Waals surface area contributed by atoms with E-state index in [1.165, 1.54) is 29.8 Å². The van der Waals surface area contributed by atoms with Crippen molar-refractivity contribution < 1.29 is 4.74 Å². The predicted octanol–water partition coefficient (Wildman–Crippen LogP) is 1.76. The molecule has 100 valence electrons. The normalized spacial score (nSPS) is 16.8. The number of nitrogens with one attached hydrogen (secondary N) is 1. The van der Waals surface area contributed by atoms with Crippen LogP contribution in [-0.4, -0.2) is 44.7 Å². The van der Waals surface area contributed by atoms with Gasteiger partial charge in [-0.3, -0.25) is 0 Å². The molecule has 0 saturated carbocycles. The number of nitrogens with zero attached hydrogens (tertiary/aromatic N) is 1. The quantitative estimate of drug-likeness (QED) is 0.879. The van der Waals surface area contributed by atoms with E-state index in [1.54, 1.807) is 7.11 Å². The molecule has 1 aliphatic rings. The summed E-state index contributed by atoms with van der Waals surface area (Å²) >= 11 is 0. The van der Waals surface area contributed by atoms with Crippen LogP contribution in [-0.2, 0) is 6.42 Å². The predicted molar refractivity (Wildman–Crippen MR) is 75.5 cm³/mol. The Balaban J connectivity index is 1.98. The van der Waals surface area contributed by atoms with E-state index >= 15 is 0 Å². The van der Waals surface area contributed by atoms with Crippen molar-refractivity contribution in [2.24, 2.45) is 0 Å². The lowest BCUT2D eigenvalue weighted by molar-refractivity contribution is 0.244. The highest BCUT2D eigenvalue weighted by Crippen LogP contribution is 2.22. The summed E-state index contributed by atoms with van der Waals surface area (Å²) in [5.41, 5.74) is 4.03. The zero-order valence-corrected chi connectivity index (χ0v) is 11.8. The first-order chi connectivity index (χ1) is 8.70. The maximum absolute atomic E-state index is 5.36. The average molecular weight is 248 g/mol. The fraction of sp³-hybridized carbons (Fsp3) is 0.600. The van der Waals surface area contributed by atoms with Crippen LogP contribution < -0.4 is 10.1 Å². The van der Waals surface area contributed by atoms with Crippen LogP contribution in [0.3, 0.4) is 0 Å². The van der Waals surface area contributed by atoms with Crippen LogP contribution in [0, 0.1) is 13.8 Å². The van der Waals surface area contributed by atoms with Gasteiger partial charge in [-0.1, -0.05) is 6.07 Å². The molecule has 3 heteroatoms. The van der Waals surface area contributed by atoms with Crippen molar-refractivity contribution in [3.8, 4) is 5.75 Å². The maximum Gasteiger partial charge on any atom is 0.122 e. The summed E-state index contributed by atoms with van der Waals surface area (Å²) in [7, 11) is 1.74. The van der Waals surface area contributed by atoms with E-state index in [-0.39, 0.29) is 0 Å². The number of hydrogen-bond donors (Lipinski definition) is 1. The Labute approximate surface area is 110 Å². The molecule has 0 radical (unpaired) electrons. The number of aryl methyl sites for hydroxylation is 2. The summed E-state index contributed by atoms with van der Waals surface area (Å²) in [6, 6.07) is 4.43. The standard InChI is InChI=1S/C15H24N2O/c1-12-11-15(18-3)13(2)10-14(12)4-7-17-8-5-16-6-9-17/h10-11,16H,4-9H2,1-3H3. The van der Waals surface area contributed by atoms with Crippen molar-refractivity contribution in [3.05, 3.63) is 28.8 Å². The Morgan fingerprint density at radius 3 is 2.56 bits per heavy atom. The largest absolute Gasteiger partial charge is 0.496 e. The van der Waals surface area contributed by atoms with Crippen molar-refractivity contribution in [2.45, 2.75) is 20.3 Å². The molecule has 2 rings (SSSR count). The first-order valence-electron chi connectivity index (χ1n) is 6.78. The Bertz CT molecular complexity index is 398. The molecule has 0 atom stereocenters. The third kappa shape index (κ3) is 3.24. The van der Waals surface area contributed by atoms with Crippen molar-refractivity contribution in [2.75, 3.05) is 39.8 Å². The zero-order chi connectivity index (χ0) is 13.0. The van der Waals surface area contributed by atoms with E-state index in [0.29, 0.717) is 0 Å². The topological polar surface area (TPSA) is 24.5 Å². The molecule has 0 aliphatic carbocycles. The summed E-state index contributed by atoms with van der Waals surface area (Å²) in [6.07, 6.45) is 1.14. The first-order valence-corrected chi connectivity index (χ1v) is 6.78. The van der Waals surface area contributed by atoms with E-state index in [4.69, 9.17) is 4.74 Å². The average Bonchev–Trinajstić information content (AvgIpc) is 2.40. The second-order valence-electron chi connectivity index (χ2n) is 5.09. The highest BCUT2D eigenvalue weighted by Gasteiger charge is 2.10.